The van der Waals surface area contributed by atoms with E-state index in [1.807, 2.05) is 18.2 Å². The number of ketones is 1. The second kappa shape index (κ2) is 9.16. The highest BCUT2D eigenvalue weighted by atomic mass is 16.2. The van der Waals surface area contributed by atoms with Crippen molar-refractivity contribution in [1.82, 2.24) is 10.6 Å². The lowest BCUT2D eigenvalue weighted by Gasteiger charge is -2.44. The lowest BCUT2D eigenvalue weighted by molar-refractivity contribution is -0.127. The molecule has 2 fully saturated rings. The molecule has 3 rings (SSSR count). The topological polar surface area (TPSA) is 75.3 Å². The third kappa shape index (κ3) is 5.18. The van der Waals surface area contributed by atoms with E-state index in [-0.39, 0.29) is 42.5 Å². The monoisotopic (exact) mass is 370 g/mol. The number of piperidine rings is 1. The molecule has 1 aliphatic carbocycles. The molecule has 1 aliphatic heterocycles. The summed E-state index contributed by atoms with van der Waals surface area (Å²) in [6.07, 6.45) is 6.10. The molecule has 1 saturated heterocycles. The largest absolute Gasteiger partial charge is 0.353 e. The van der Waals surface area contributed by atoms with E-state index in [0.29, 0.717) is 23.8 Å². The van der Waals surface area contributed by atoms with Gasteiger partial charge in [-0.25, -0.2) is 0 Å². The van der Waals surface area contributed by atoms with Crippen molar-refractivity contribution in [3.8, 4) is 0 Å². The first-order valence-corrected chi connectivity index (χ1v) is 10.2. The van der Waals surface area contributed by atoms with Crippen LogP contribution in [-0.4, -0.2) is 29.7 Å². The molecule has 0 aromatic heterocycles. The quantitative estimate of drug-likeness (QED) is 0.724. The number of carbonyl (C=O) groups is 3. The Bertz CT molecular complexity index is 673. The highest BCUT2D eigenvalue weighted by Gasteiger charge is 2.40. The Morgan fingerprint density at radius 3 is 2.67 bits per heavy atom. The van der Waals surface area contributed by atoms with Gasteiger partial charge in [0, 0.05) is 36.9 Å². The van der Waals surface area contributed by atoms with Gasteiger partial charge in [0.2, 0.25) is 11.8 Å². The van der Waals surface area contributed by atoms with Gasteiger partial charge in [-0.2, -0.15) is 0 Å². The summed E-state index contributed by atoms with van der Waals surface area (Å²) in [5, 5.41) is 6.22. The van der Waals surface area contributed by atoms with Gasteiger partial charge < -0.3 is 10.6 Å². The molecule has 27 heavy (non-hydrogen) atoms. The van der Waals surface area contributed by atoms with Crippen molar-refractivity contribution in [2.45, 2.75) is 70.4 Å². The molecule has 4 unspecified atom stereocenters. The number of benzene rings is 1. The number of fused-ring (bicyclic) bond motifs is 1. The molecule has 1 saturated carbocycles. The number of carbonyl (C=O) groups excluding carboxylic acids is 3. The van der Waals surface area contributed by atoms with E-state index in [0.717, 1.165) is 32.1 Å². The lowest BCUT2D eigenvalue weighted by Crippen LogP contribution is -2.55. The minimum Gasteiger partial charge on any atom is -0.353 e. The molecule has 2 N–H and O–H groups in total. The summed E-state index contributed by atoms with van der Waals surface area (Å²) in [4.78, 5) is 36.4. The first kappa shape index (κ1) is 19.6. The van der Waals surface area contributed by atoms with Crippen molar-refractivity contribution in [3.05, 3.63) is 35.9 Å². The number of rotatable bonds is 7. The minimum atomic E-state index is -0.0741. The van der Waals surface area contributed by atoms with Crippen molar-refractivity contribution in [3.63, 3.8) is 0 Å². The smallest absolute Gasteiger partial charge is 0.220 e. The summed E-state index contributed by atoms with van der Waals surface area (Å²) in [5.41, 5.74) is 0.651. The number of hydrogen-bond donors (Lipinski definition) is 2. The molecular formula is C22H30N2O3. The number of Topliss-reactive ketones (excluding diaryl/α,β-unsaturated/α-hetero) is 1. The van der Waals surface area contributed by atoms with Crippen LogP contribution in [0.2, 0.25) is 0 Å². The molecule has 5 nitrogen and oxygen atoms in total. The van der Waals surface area contributed by atoms with Gasteiger partial charge in [-0.15, -0.1) is 0 Å². The Morgan fingerprint density at radius 2 is 1.93 bits per heavy atom. The van der Waals surface area contributed by atoms with Crippen molar-refractivity contribution in [1.29, 1.82) is 0 Å². The summed E-state index contributed by atoms with van der Waals surface area (Å²) in [6.45, 7) is 2.17. The first-order chi connectivity index (χ1) is 13.1. The van der Waals surface area contributed by atoms with E-state index < -0.39 is 0 Å². The van der Waals surface area contributed by atoms with Gasteiger partial charge in [-0.3, -0.25) is 14.4 Å². The van der Waals surface area contributed by atoms with Crippen molar-refractivity contribution in [2.75, 3.05) is 0 Å². The Morgan fingerprint density at radius 1 is 1.15 bits per heavy atom. The minimum absolute atomic E-state index is 0.00332. The molecule has 5 heteroatoms. The maximum atomic E-state index is 12.3. The van der Waals surface area contributed by atoms with Gasteiger partial charge in [-0.1, -0.05) is 43.7 Å². The van der Waals surface area contributed by atoms with Crippen molar-refractivity contribution in [2.24, 2.45) is 11.8 Å². The lowest BCUT2D eigenvalue weighted by atomic mass is 9.70. The van der Waals surface area contributed by atoms with Crippen LogP contribution in [0.15, 0.2) is 30.3 Å². The zero-order valence-electron chi connectivity index (χ0n) is 16.1. The fourth-order valence-corrected chi connectivity index (χ4v) is 4.69. The maximum Gasteiger partial charge on any atom is 0.220 e. The van der Waals surface area contributed by atoms with Gasteiger partial charge >= 0.3 is 0 Å². The van der Waals surface area contributed by atoms with E-state index in [2.05, 4.69) is 17.6 Å². The third-order valence-electron chi connectivity index (χ3n) is 6.00. The third-order valence-corrected chi connectivity index (χ3v) is 6.00. The second-order valence-electron chi connectivity index (χ2n) is 7.96. The van der Waals surface area contributed by atoms with Crippen molar-refractivity contribution < 1.29 is 14.4 Å². The van der Waals surface area contributed by atoms with E-state index in [1.54, 1.807) is 12.1 Å². The SMILES string of the molecule is CCCC1CC(=O)NC2CC(NC(=O)CCC(=O)c3ccccc3)CCC12. The maximum absolute atomic E-state index is 12.3. The van der Waals surface area contributed by atoms with E-state index >= 15 is 0 Å². The van der Waals surface area contributed by atoms with Crippen LogP contribution in [0.25, 0.3) is 0 Å². The van der Waals surface area contributed by atoms with Crippen LogP contribution in [0.5, 0.6) is 0 Å². The number of nitrogens with one attached hydrogen (secondary N) is 2. The fourth-order valence-electron chi connectivity index (χ4n) is 4.69. The molecule has 146 valence electrons. The summed E-state index contributed by atoms with van der Waals surface area (Å²) < 4.78 is 0. The summed E-state index contributed by atoms with van der Waals surface area (Å²) in [5.74, 6) is 1.09. The standard InChI is InChI=1S/C22H30N2O3/c1-2-6-16-13-22(27)24-19-14-17(9-10-18(16)19)23-21(26)12-11-20(25)15-7-4-3-5-8-15/h3-5,7-8,16-19H,2,6,9-14H2,1H3,(H,23,26)(H,24,27). The molecule has 2 aliphatic rings. The highest BCUT2D eigenvalue weighted by Crippen LogP contribution is 2.37. The molecule has 1 heterocycles. The number of hydrogen-bond acceptors (Lipinski definition) is 3. The van der Waals surface area contributed by atoms with Crippen LogP contribution in [0.3, 0.4) is 0 Å². The second-order valence-corrected chi connectivity index (χ2v) is 7.96. The molecule has 2 amide bonds. The van der Waals surface area contributed by atoms with E-state index in [4.69, 9.17) is 0 Å². The van der Waals surface area contributed by atoms with Crippen LogP contribution < -0.4 is 10.6 Å². The average Bonchev–Trinajstić information content (AvgIpc) is 2.66. The van der Waals surface area contributed by atoms with Crippen LogP contribution >= 0.6 is 0 Å². The molecule has 1 aromatic rings. The normalized spacial score (nSPS) is 27.4. The molecule has 0 spiro atoms. The first-order valence-electron chi connectivity index (χ1n) is 10.2. The van der Waals surface area contributed by atoms with Crippen LogP contribution in [0.1, 0.15) is 68.6 Å². The predicted molar refractivity (Wildman–Crippen MR) is 104 cm³/mol. The van der Waals surface area contributed by atoms with Gasteiger partial charge in [-0.05, 0) is 37.5 Å². The fraction of sp³-hybridized carbons (Fsp3) is 0.591. The summed E-state index contributed by atoms with van der Waals surface area (Å²) in [6, 6.07) is 9.35. The van der Waals surface area contributed by atoms with Gasteiger partial charge in [0.15, 0.2) is 5.78 Å². The molecule has 0 bridgehead atoms. The average molecular weight is 370 g/mol. The van der Waals surface area contributed by atoms with E-state index in [1.165, 1.54) is 0 Å². The Kier molecular flexibility index (Phi) is 6.64. The Balaban J connectivity index is 1.47. The van der Waals surface area contributed by atoms with Crippen molar-refractivity contribution >= 4 is 17.6 Å². The highest BCUT2D eigenvalue weighted by molar-refractivity contribution is 5.97. The van der Waals surface area contributed by atoms with Gasteiger partial charge in [0.1, 0.15) is 0 Å². The summed E-state index contributed by atoms with van der Waals surface area (Å²) >= 11 is 0. The van der Waals surface area contributed by atoms with Gasteiger partial charge in [0.05, 0.1) is 0 Å². The predicted octanol–water partition coefficient (Wildman–Crippen LogP) is 3.24. The zero-order valence-corrected chi connectivity index (χ0v) is 16.1. The molecule has 0 radical (unpaired) electrons. The molecule has 1 aromatic carbocycles. The molecule has 4 atom stereocenters. The van der Waals surface area contributed by atoms with Crippen LogP contribution in [0.4, 0.5) is 0 Å². The van der Waals surface area contributed by atoms with Crippen LogP contribution in [0, 0.1) is 11.8 Å². The van der Waals surface area contributed by atoms with Crippen LogP contribution in [-0.2, 0) is 9.59 Å². The zero-order chi connectivity index (χ0) is 19.2. The molecular weight excluding hydrogens is 340 g/mol. The number of amides is 2. The summed E-state index contributed by atoms with van der Waals surface area (Å²) in [7, 11) is 0. The Hall–Kier alpha value is -2.17. The van der Waals surface area contributed by atoms with Gasteiger partial charge in [0.25, 0.3) is 0 Å². The van der Waals surface area contributed by atoms with E-state index in [9.17, 15) is 14.4 Å². The Labute approximate surface area is 161 Å².